The zero-order chi connectivity index (χ0) is 12.7. The van der Waals surface area contributed by atoms with Crippen molar-refractivity contribution in [1.29, 1.82) is 0 Å². The second kappa shape index (κ2) is 6.87. The van der Waals surface area contributed by atoms with Crippen molar-refractivity contribution in [2.75, 3.05) is 0 Å². The van der Waals surface area contributed by atoms with Crippen LogP contribution in [0.1, 0.15) is 27.2 Å². The van der Waals surface area contributed by atoms with Gasteiger partial charge in [0.05, 0.1) is 5.92 Å². The van der Waals surface area contributed by atoms with Gasteiger partial charge in [-0.2, -0.15) is 0 Å². The molecule has 0 aliphatic heterocycles. The van der Waals surface area contributed by atoms with Gasteiger partial charge in [0.2, 0.25) is 0 Å². The van der Waals surface area contributed by atoms with Crippen molar-refractivity contribution >= 4 is 12.0 Å². The number of amides is 2. The third kappa shape index (κ3) is 5.38. The van der Waals surface area contributed by atoms with Gasteiger partial charge < -0.3 is 15.7 Å². The van der Waals surface area contributed by atoms with Crippen LogP contribution in [0.2, 0.25) is 0 Å². The molecule has 0 aromatic heterocycles. The molecule has 3 N–H and O–H groups in total. The van der Waals surface area contributed by atoms with Crippen LogP contribution in [0.15, 0.2) is 12.7 Å². The molecule has 2 amide bonds. The fraction of sp³-hybridized carbons (Fsp3) is 0.636. The Bertz CT molecular complexity index is 266. The van der Waals surface area contributed by atoms with E-state index in [9.17, 15) is 9.59 Å². The van der Waals surface area contributed by atoms with Gasteiger partial charge in [0.25, 0.3) is 0 Å². The lowest BCUT2D eigenvalue weighted by atomic mass is 10.0. The van der Waals surface area contributed by atoms with Crippen LogP contribution >= 0.6 is 0 Å². The molecule has 0 fully saturated rings. The van der Waals surface area contributed by atoms with Crippen molar-refractivity contribution in [3.05, 3.63) is 12.7 Å². The lowest BCUT2D eigenvalue weighted by Crippen LogP contribution is -2.47. The average Bonchev–Trinajstić information content (AvgIpc) is 2.16. The van der Waals surface area contributed by atoms with E-state index in [0.717, 1.165) is 0 Å². The molecule has 5 nitrogen and oxygen atoms in total. The topological polar surface area (TPSA) is 78.4 Å². The van der Waals surface area contributed by atoms with Crippen LogP contribution in [0.25, 0.3) is 0 Å². The number of carbonyl (C=O) groups is 2. The van der Waals surface area contributed by atoms with E-state index >= 15 is 0 Å². The normalized spacial score (nSPS) is 15.7. The number of hydrogen-bond acceptors (Lipinski definition) is 2. The quantitative estimate of drug-likeness (QED) is 0.601. The van der Waals surface area contributed by atoms with Crippen molar-refractivity contribution in [3.8, 4) is 0 Å². The van der Waals surface area contributed by atoms with Gasteiger partial charge in [-0.25, -0.2) is 4.79 Å². The second-order valence-electron chi connectivity index (χ2n) is 3.96. The summed E-state index contributed by atoms with van der Waals surface area (Å²) in [4.78, 5) is 22.1. The van der Waals surface area contributed by atoms with Crippen molar-refractivity contribution < 1.29 is 14.7 Å². The van der Waals surface area contributed by atoms with E-state index in [1.165, 1.54) is 0 Å². The van der Waals surface area contributed by atoms with Gasteiger partial charge in [-0.15, -0.1) is 6.58 Å². The Hall–Kier alpha value is -1.52. The number of carboxylic acid groups (broad SMARTS) is 1. The molecule has 0 saturated heterocycles. The zero-order valence-electron chi connectivity index (χ0n) is 9.99. The van der Waals surface area contributed by atoms with Crippen LogP contribution in [-0.4, -0.2) is 29.2 Å². The molecule has 0 aliphatic rings. The molecule has 3 unspecified atom stereocenters. The Balaban J connectivity index is 4.04. The number of nitrogens with one attached hydrogen (secondary N) is 2. The van der Waals surface area contributed by atoms with E-state index in [2.05, 4.69) is 17.2 Å². The van der Waals surface area contributed by atoms with Gasteiger partial charge in [-0.3, -0.25) is 4.79 Å². The summed E-state index contributed by atoms with van der Waals surface area (Å²) in [5.74, 6) is -1.53. The summed E-state index contributed by atoms with van der Waals surface area (Å²) in [6.45, 7) is 8.64. The molecule has 5 heteroatoms. The lowest BCUT2D eigenvalue weighted by molar-refractivity contribution is -0.141. The highest BCUT2D eigenvalue weighted by atomic mass is 16.4. The third-order valence-corrected chi connectivity index (χ3v) is 2.40. The Morgan fingerprint density at radius 3 is 2.31 bits per heavy atom. The van der Waals surface area contributed by atoms with Crippen molar-refractivity contribution in [3.63, 3.8) is 0 Å². The summed E-state index contributed by atoms with van der Waals surface area (Å²) < 4.78 is 0. The monoisotopic (exact) mass is 228 g/mol. The minimum atomic E-state index is -0.924. The first-order chi connectivity index (χ1) is 7.38. The van der Waals surface area contributed by atoms with E-state index in [4.69, 9.17) is 5.11 Å². The highest BCUT2D eigenvalue weighted by Crippen LogP contribution is 2.02. The molecule has 0 spiro atoms. The van der Waals surface area contributed by atoms with Crippen molar-refractivity contribution in [2.45, 2.75) is 39.3 Å². The number of carbonyl (C=O) groups excluding carboxylic acids is 1. The molecular weight excluding hydrogens is 208 g/mol. The van der Waals surface area contributed by atoms with Gasteiger partial charge in [0.15, 0.2) is 0 Å². The van der Waals surface area contributed by atoms with Crippen LogP contribution in [0.3, 0.4) is 0 Å². The molecule has 16 heavy (non-hydrogen) atoms. The predicted octanol–water partition coefficient (Wildman–Crippen LogP) is 1.36. The number of carboxylic acids is 1. The second-order valence-corrected chi connectivity index (χ2v) is 3.96. The smallest absolute Gasteiger partial charge is 0.315 e. The number of aliphatic carboxylic acids is 1. The van der Waals surface area contributed by atoms with E-state index in [1.807, 2.05) is 6.92 Å². The minimum Gasteiger partial charge on any atom is -0.481 e. The molecule has 0 rings (SSSR count). The zero-order valence-corrected chi connectivity index (χ0v) is 9.99. The fourth-order valence-electron chi connectivity index (χ4n) is 1.12. The molecule has 0 aromatic carbocycles. The number of rotatable bonds is 6. The SMILES string of the molecule is C=CCC(C)NC(=O)NC(C)C(C)C(=O)O. The van der Waals surface area contributed by atoms with Gasteiger partial charge in [-0.1, -0.05) is 6.08 Å². The van der Waals surface area contributed by atoms with E-state index < -0.39 is 17.9 Å². The number of urea groups is 1. The van der Waals surface area contributed by atoms with Gasteiger partial charge in [0, 0.05) is 12.1 Å². The van der Waals surface area contributed by atoms with Crippen molar-refractivity contribution in [2.24, 2.45) is 5.92 Å². The number of hydrogen-bond donors (Lipinski definition) is 3. The first kappa shape index (κ1) is 14.5. The molecule has 92 valence electrons. The van der Waals surface area contributed by atoms with E-state index in [1.54, 1.807) is 19.9 Å². The minimum absolute atomic E-state index is 0.00941. The summed E-state index contributed by atoms with van der Waals surface area (Å²) >= 11 is 0. The summed E-state index contributed by atoms with van der Waals surface area (Å²) in [7, 11) is 0. The Labute approximate surface area is 95.9 Å². The van der Waals surface area contributed by atoms with Gasteiger partial charge >= 0.3 is 12.0 Å². The van der Waals surface area contributed by atoms with Crippen molar-refractivity contribution in [1.82, 2.24) is 10.6 Å². The Kier molecular flexibility index (Phi) is 6.22. The molecule has 0 aliphatic carbocycles. The summed E-state index contributed by atoms with van der Waals surface area (Å²) in [6.07, 6.45) is 2.39. The van der Waals surface area contributed by atoms with Crippen LogP contribution in [0.4, 0.5) is 4.79 Å². The lowest BCUT2D eigenvalue weighted by Gasteiger charge is -2.20. The highest BCUT2D eigenvalue weighted by Gasteiger charge is 2.21. The largest absolute Gasteiger partial charge is 0.481 e. The van der Waals surface area contributed by atoms with Gasteiger partial charge in [-0.05, 0) is 27.2 Å². The maximum Gasteiger partial charge on any atom is 0.315 e. The fourth-order valence-corrected chi connectivity index (χ4v) is 1.12. The maximum atomic E-state index is 11.4. The highest BCUT2D eigenvalue weighted by molar-refractivity contribution is 5.76. The summed E-state index contributed by atoms with van der Waals surface area (Å²) in [5.41, 5.74) is 0. The van der Waals surface area contributed by atoms with Crippen LogP contribution < -0.4 is 10.6 Å². The van der Waals surface area contributed by atoms with E-state index in [0.29, 0.717) is 6.42 Å². The average molecular weight is 228 g/mol. The Morgan fingerprint density at radius 1 is 1.31 bits per heavy atom. The molecule has 3 atom stereocenters. The molecule has 0 bridgehead atoms. The third-order valence-electron chi connectivity index (χ3n) is 2.40. The first-order valence-corrected chi connectivity index (χ1v) is 5.29. The molecule has 0 heterocycles. The molecule has 0 aromatic rings. The predicted molar refractivity (Wildman–Crippen MR) is 62.2 cm³/mol. The maximum absolute atomic E-state index is 11.4. The van der Waals surface area contributed by atoms with E-state index in [-0.39, 0.29) is 12.1 Å². The molecular formula is C11H20N2O3. The van der Waals surface area contributed by atoms with Gasteiger partial charge in [0.1, 0.15) is 0 Å². The van der Waals surface area contributed by atoms with Crippen LogP contribution in [0, 0.1) is 5.92 Å². The standard InChI is InChI=1S/C11H20N2O3/c1-5-6-7(2)12-11(16)13-9(4)8(3)10(14)15/h5,7-9H,1,6H2,2-4H3,(H,14,15)(H2,12,13,16). The Morgan fingerprint density at radius 2 is 1.88 bits per heavy atom. The molecule has 0 radical (unpaired) electrons. The first-order valence-electron chi connectivity index (χ1n) is 5.29. The summed E-state index contributed by atoms with van der Waals surface area (Å²) in [5, 5.41) is 14.0. The van der Waals surface area contributed by atoms with Crippen LogP contribution in [0.5, 0.6) is 0 Å². The van der Waals surface area contributed by atoms with Crippen LogP contribution in [-0.2, 0) is 4.79 Å². The molecule has 0 saturated carbocycles. The summed E-state index contributed by atoms with van der Waals surface area (Å²) in [6, 6.07) is -0.770.